The highest BCUT2D eigenvalue weighted by atomic mass is 16.7. The number of ether oxygens (including phenoxy) is 4. The minimum Gasteiger partial charge on any atom is -0.493 e. The molecule has 0 aliphatic carbocycles. The number of methoxy groups -OCH3 is 2. The number of amides is 1. The van der Waals surface area contributed by atoms with Crippen molar-refractivity contribution in [3.63, 3.8) is 0 Å². The van der Waals surface area contributed by atoms with Gasteiger partial charge in [0.25, 0.3) is 5.91 Å². The van der Waals surface area contributed by atoms with Crippen LogP contribution in [0.15, 0.2) is 41.5 Å². The van der Waals surface area contributed by atoms with Crippen LogP contribution >= 0.6 is 0 Å². The van der Waals surface area contributed by atoms with E-state index in [1.54, 1.807) is 44.6 Å². The van der Waals surface area contributed by atoms with Gasteiger partial charge in [0, 0.05) is 11.1 Å². The standard InChI is InChI=1S/C17H16N2O5/c1-21-14-5-3-4-12(16(14)22-2)9-18-19-17(20)11-6-7-13-15(8-11)24-10-23-13/h3-9H,10H2,1-2H3,(H,19,20). The van der Waals surface area contributed by atoms with Gasteiger partial charge in [0.05, 0.1) is 20.4 Å². The average Bonchev–Trinajstić information content (AvgIpc) is 3.08. The highest BCUT2D eigenvalue weighted by molar-refractivity contribution is 5.95. The Balaban J connectivity index is 1.71. The van der Waals surface area contributed by atoms with Crippen LogP contribution in [-0.2, 0) is 0 Å². The molecule has 2 aromatic rings. The number of carbonyl (C=O) groups excluding carboxylic acids is 1. The summed E-state index contributed by atoms with van der Waals surface area (Å²) in [6, 6.07) is 10.3. The fraction of sp³-hybridized carbons (Fsp3) is 0.176. The normalized spacial score (nSPS) is 12.2. The van der Waals surface area contributed by atoms with Gasteiger partial charge in [-0.05, 0) is 30.3 Å². The van der Waals surface area contributed by atoms with Gasteiger partial charge < -0.3 is 18.9 Å². The number of nitrogens with one attached hydrogen (secondary N) is 1. The molecule has 124 valence electrons. The summed E-state index contributed by atoms with van der Waals surface area (Å²) in [5, 5.41) is 3.96. The molecule has 1 N–H and O–H groups in total. The van der Waals surface area contributed by atoms with Crippen LogP contribution < -0.4 is 24.4 Å². The van der Waals surface area contributed by atoms with Crippen molar-refractivity contribution in [3.8, 4) is 23.0 Å². The van der Waals surface area contributed by atoms with E-state index in [2.05, 4.69) is 10.5 Å². The summed E-state index contributed by atoms with van der Waals surface area (Å²) in [7, 11) is 3.10. The Morgan fingerprint density at radius 3 is 2.79 bits per heavy atom. The summed E-state index contributed by atoms with van der Waals surface area (Å²) in [4.78, 5) is 12.1. The maximum atomic E-state index is 12.1. The van der Waals surface area contributed by atoms with E-state index in [9.17, 15) is 4.79 Å². The molecule has 2 aromatic carbocycles. The summed E-state index contributed by atoms with van der Waals surface area (Å²) in [5.41, 5.74) is 3.57. The topological polar surface area (TPSA) is 78.4 Å². The highest BCUT2D eigenvalue weighted by Crippen LogP contribution is 2.32. The molecule has 7 heteroatoms. The Kier molecular flexibility index (Phi) is 4.51. The summed E-state index contributed by atoms with van der Waals surface area (Å²) >= 11 is 0. The van der Waals surface area contributed by atoms with Crippen LogP contribution in [0.2, 0.25) is 0 Å². The van der Waals surface area contributed by atoms with Crippen molar-refractivity contribution >= 4 is 12.1 Å². The van der Waals surface area contributed by atoms with E-state index in [0.29, 0.717) is 34.1 Å². The van der Waals surface area contributed by atoms with Crippen LogP contribution in [0.4, 0.5) is 0 Å². The largest absolute Gasteiger partial charge is 0.493 e. The van der Waals surface area contributed by atoms with Crippen molar-refractivity contribution in [2.24, 2.45) is 5.10 Å². The molecular weight excluding hydrogens is 312 g/mol. The number of para-hydroxylation sites is 1. The van der Waals surface area contributed by atoms with E-state index in [1.165, 1.54) is 6.21 Å². The van der Waals surface area contributed by atoms with Crippen LogP contribution in [-0.4, -0.2) is 33.1 Å². The summed E-state index contributed by atoms with van der Waals surface area (Å²) in [6.07, 6.45) is 1.49. The second-order valence-corrected chi connectivity index (χ2v) is 4.85. The van der Waals surface area contributed by atoms with Crippen molar-refractivity contribution in [1.29, 1.82) is 0 Å². The number of fused-ring (bicyclic) bond motifs is 1. The summed E-state index contributed by atoms with van der Waals surface area (Å²) in [6.45, 7) is 0.161. The minimum atomic E-state index is -0.355. The van der Waals surface area contributed by atoms with Gasteiger partial charge in [-0.1, -0.05) is 6.07 Å². The molecule has 7 nitrogen and oxygen atoms in total. The molecule has 24 heavy (non-hydrogen) atoms. The van der Waals surface area contributed by atoms with Crippen LogP contribution in [0, 0.1) is 0 Å². The van der Waals surface area contributed by atoms with Crippen LogP contribution in [0.5, 0.6) is 23.0 Å². The molecule has 0 saturated heterocycles. The molecular formula is C17H16N2O5. The SMILES string of the molecule is COc1cccc(C=NNC(=O)c2ccc3c(c2)OCO3)c1OC. The van der Waals surface area contributed by atoms with Crippen LogP contribution in [0.1, 0.15) is 15.9 Å². The van der Waals surface area contributed by atoms with Gasteiger partial charge in [-0.2, -0.15) is 5.10 Å². The first-order chi connectivity index (χ1) is 11.7. The first-order valence-corrected chi connectivity index (χ1v) is 7.17. The Morgan fingerprint density at radius 1 is 1.17 bits per heavy atom. The lowest BCUT2D eigenvalue weighted by Gasteiger charge is -2.09. The third-order valence-electron chi connectivity index (χ3n) is 3.44. The highest BCUT2D eigenvalue weighted by Gasteiger charge is 2.16. The molecule has 3 rings (SSSR count). The van der Waals surface area contributed by atoms with E-state index in [4.69, 9.17) is 18.9 Å². The number of carbonyl (C=O) groups is 1. The zero-order chi connectivity index (χ0) is 16.9. The molecule has 0 aromatic heterocycles. The predicted molar refractivity (Wildman–Crippen MR) is 87.2 cm³/mol. The molecule has 0 atom stereocenters. The van der Waals surface area contributed by atoms with Gasteiger partial charge in [0.15, 0.2) is 23.0 Å². The number of benzene rings is 2. The number of rotatable bonds is 5. The van der Waals surface area contributed by atoms with Gasteiger partial charge in [0.2, 0.25) is 6.79 Å². The first kappa shape index (κ1) is 15.7. The van der Waals surface area contributed by atoms with Crippen molar-refractivity contribution in [1.82, 2.24) is 5.43 Å². The molecule has 1 heterocycles. The Morgan fingerprint density at radius 2 is 2.00 bits per heavy atom. The van der Waals surface area contributed by atoms with Gasteiger partial charge >= 0.3 is 0 Å². The number of nitrogens with zero attached hydrogens (tertiary/aromatic N) is 1. The predicted octanol–water partition coefficient (Wildman–Crippen LogP) is 2.20. The zero-order valence-electron chi connectivity index (χ0n) is 13.2. The fourth-order valence-electron chi connectivity index (χ4n) is 2.28. The second kappa shape index (κ2) is 6.91. The monoisotopic (exact) mass is 328 g/mol. The van der Waals surface area contributed by atoms with Crippen molar-refractivity contribution in [2.75, 3.05) is 21.0 Å². The third kappa shape index (κ3) is 3.10. The fourth-order valence-corrected chi connectivity index (χ4v) is 2.28. The van der Waals surface area contributed by atoms with Crippen LogP contribution in [0.3, 0.4) is 0 Å². The van der Waals surface area contributed by atoms with Gasteiger partial charge in [-0.25, -0.2) is 5.43 Å². The first-order valence-electron chi connectivity index (χ1n) is 7.17. The van der Waals surface area contributed by atoms with E-state index in [0.717, 1.165) is 0 Å². The second-order valence-electron chi connectivity index (χ2n) is 4.85. The molecule has 0 saturated carbocycles. The molecule has 0 spiro atoms. The quantitative estimate of drug-likeness (QED) is 0.672. The summed E-state index contributed by atoms with van der Waals surface area (Å²) < 4.78 is 21.0. The molecule has 0 radical (unpaired) electrons. The maximum absolute atomic E-state index is 12.1. The lowest BCUT2D eigenvalue weighted by atomic mass is 10.2. The van der Waals surface area contributed by atoms with Gasteiger partial charge in [-0.15, -0.1) is 0 Å². The maximum Gasteiger partial charge on any atom is 0.271 e. The number of hydrogen-bond donors (Lipinski definition) is 1. The number of hydrogen-bond acceptors (Lipinski definition) is 6. The Labute approximate surface area is 138 Å². The lowest BCUT2D eigenvalue weighted by Crippen LogP contribution is -2.17. The zero-order valence-corrected chi connectivity index (χ0v) is 13.2. The molecule has 1 aliphatic rings. The molecule has 0 fully saturated rings. The lowest BCUT2D eigenvalue weighted by molar-refractivity contribution is 0.0954. The molecule has 0 unspecified atom stereocenters. The van der Waals surface area contributed by atoms with Crippen molar-refractivity contribution in [2.45, 2.75) is 0 Å². The third-order valence-corrected chi connectivity index (χ3v) is 3.44. The van der Waals surface area contributed by atoms with Gasteiger partial charge in [-0.3, -0.25) is 4.79 Å². The molecule has 1 aliphatic heterocycles. The smallest absolute Gasteiger partial charge is 0.271 e. The molecule has 1 amide bonds. The van der Waals surface area contributed by atoms with E-state index in [1.807, 2.05) is 6.07 Å². The van der Waals surface area contributed by atoms with E-state index >= 15 is 0 Å². The minimum absolute atomic E-state index is 0.161. The van der Waals surface area contributed by atoms with E-state index < -0.39 is 0 Å². The number of hydrazone groups is 1. The Bertz CT molecular complexity index is 789. The summed E-state index contributed by atoms with van der Waals surface area (Å²) in [5.74, 6) is 1.94. The van der Waals surface area contributed by atoms with Crippen molar-refractivity contribution in [3.05, 3.63) is 47.5 Å². The average molecular weight is 328 g/mol. The molecule has 0 bridgehead atoms. The van der Waals surface area contributed by atoms with Crippen LogP contribution in [0.25, 0.3) is 0 Å². The van der Waals surface area contributed by atoms with Gasteiger partial charge in [0.1, 0.15) is 0 Å². The van der Waals surface area contributed by atoms with Crippen molar-refractivity contribution < 1.29 is 23.7 Å². The van der Waals surface area contributed by atoms with E-state index in [-0.39, 0.29) is 12.7 Å². The Hall–Kier alpha value is -3.22.